The summed E-state index contributed by atoms with van der Waals surface area (Å²) in [6, 6.07) is 9.84. The molecule has 1 saturated heterocycles. The molecule has 0 atom stereocenters. The van der Waals surface area contributed by atoms with E-state index in [9.17, 15) is 9.59 Å². The SMILES string of the molecule is O=C(CCCCc1nc2ccccc2s1)N1CCN(C(=O)c2ccoc2)CC1. The molecule has 2 amide bonds. The number of aryl methyl sites for hydroxylation is 1. The molecule has 146 valence electrons. The Balaban J connectivity index is 1.18. The van der Waals surface area contributed by atoms with Crippen LogP contribution in [0, 0.1) is 0 Å². The average Bonchev–Trinajstić information content (AvgIpc) is 3.40. The number of hydrogen-bond donors (Lipinski definition) is 0. The first-order valence-corrected chi connectivity index (χ1v) is 10.5. The van der Waals surface area contributed by atoms with Crippen molar-refractivity contribution >= 4 is 33.4 Å². The summed E-state index contributed by atoms with van der Waals surface area (Å²) < 4.78 is 6.19. The van der Waals surface area contributed by atoms with E-state index in [2.05, 4.69) is 11.1 Å². The minimum Gasteiger partial charge on any atom is -0.472 e. The molecule has 28 heavy (non-hydrogen) atoms. The average molecular weight is 398 g/mol. The van der Waals surface area contributed by atoms with Crippen LogP contribution in [0.3, 0.4) is 0 Å². The lowest BCUT2D eigenvalue weighted by Crippen LogP contribution is -2.50. The van der Waals surface area contributed by atoms with Crippen LogP contribution in [0.2, 0.25) is 0 Å². The highest BCUT2D eigenvalue weighted by molar-refractivity contribution is 7.18. The van der Waals surface area contributed by atoms with Crippen molar-refractivity contribution in [2.24, 2.45) is 0 Å². The van der Waals surface area contributed by atoms with Crippen molar-refractivity contribution in [3.8, 4) is 0 Å². The van der Waals surface area contributed by atoms with Crippen LogP contribution in [0.25, 0.3) is 10.2 Å². The second-order valence-electron chi connectivity index (χ2n) is 6.97. The normalized spacial score (nSPS) is 14.6. The Kier molecular flexibility index (Phi) is 5.71. The Hall–Kier alpha value is -2.67. The van der Waals surface area contributed by atoms with Crippen molar-refractivity contribution in [2.45, 2.75) is 25.7 Å². The van der Waals surface area contributed by atoms with Gasteiger partial charge in [0, 0.05) is 32.6 Å². The molecule has 2 aromatic heterocycles. The number of hydrogen-bond acceptors (Lipinski definition) is 5. The summed E-state index contributed by atoms with van der Waals surface area (Å²) in [5.41, 5.74) is 1.62. The summed E-state index contributed by atoms with van der Waals surface area (Å²) in [7, 11) is 0. The van der Waals surface area contributed by atoms with E-state index in [1.807, 2.05) is 23.1 Å². The highest BCUT2D eigenvalue weighted by atomic mass is 32.1. The molecule has 1 aliphatic rings. The van der Waals surface area contributed by atoms with Gasteiger partial charge in [0.25, 0.3) is 5.91 Å². The summed E-state index contributed by atoms with van der Waals surface area (Å²) in [6.07, 6.45) is 6.26. The number of unbranched alkanes of at least 4 members (excludes halogenated alkanes) is 1. The van der Waals surface area contributed by atoms with E-state index in [0.29, 0.717) is 38.2 Å². The topological polar surface area (TPSA) is 66.7 Å². The van der Waals surface area contributed by atoms with Crippen molar-refractivity contribution in [3.63, 3.8) is 0 Å². The molecule has 0 unspecified atom stereocenters. The maximum absolute atomic E-state index is 12.4. The van der Waals surface area contributed by atoms with Crippen LogP contribution in [-0.2, 0) is 11.2 Å². The molecule has 3 heterocycles. The minimum absolute atomic E-state index is 0.0308. The lowest BCUT2D eigenvalue weighted by Gasteiger charge is -2.34. The Morgan fingerprint density at radius 1 is 1.04 bits per heavy atom. The van der Waals surface area contributed by atoms with E-state index in [1.165, 1.54) is 17.2 Å². The van der Waals surface area contributed by atoms with Gasteiger partial charge in [0.2, 0.25) is 5.91 Å². The van der Waals surface area contributed by atoms with E-state index < -0.39 is 0 Å². The van der Waals surface area contributed by atoms with Gasteiger partial charge in [-0.2, -0.15) is 0 Å². The van der Waals surface area contributed by atoms with Gasteiger partial charge in [0.05, 0.1) is 27.1 Å². The monoisotopic (exact) mass is 397 g/mol. The van der Waals surface area contributed by atoms with Gasteiger partial charge >= 0.3 is 0 Å². The first kappa shape index (κ1) is 18.7. The number of thiazole rings is 1. The van der Waals surface area contributed by atoms with E-state index in [-0.39, 0.29) is 11.8 Å². The number of nitrogens with zero attached hydrogens (tertiary/aromatic N) is 3. The summed E-state index contributed by atoms with van der Waals surface area (Å²) in [4.78, 5) is 33.1. The number of piperazine rings is 1. The van der Waals surface area contributed by atoms with Gasteiger partial charge in [-0.15, -0.1) is 11.3 Å². The van der Waals surface area contributed by atoms with Crippen LogP contribution in [0.5, 0.6) is 0 Å². The summed E-state index contributed by atoms with van der Waals surface area (Å²) in [5, 5.41) is 1.14. The fourth-order valence-electron chi connectivity index (χ4n) is 3.47. The molecule has 7 heteroatoms. The number of furan rings is 1. The number of aromatic nitrogens is 1. The first-order valence-electron chi connectivity index (χ1n) is 9.64. The number of amides is 2. The van der Waals surface area contributed by atoms with Gasteiger partial charge in [-0.3, -0.25) is 9.59 Å². The summed E-state index contributed by atoms with van der Waals surface area (Å²) >= 11 is 1.74. The van der Waals surface area contributed by atoms with Crippen LogP contribution >= 0.6 is 11.3 Å². The molecule has 0 spiro atoms. The molecule has 4 rings (SSSR count). The second kappa shape index (κ2) is 8.56. The summed E-state index contributed by atoms with van der Waals surface area (Å²) in [6.45, 7) is 2.34. The van der Waals surface area contributed by atoms with Crippen molar-refractivity contribution in [3.05, 3.63) is 53.4 Å². The summed E-state index contributed by atoms with van der Waals surface area (Å²) in [5.74, 6) is 0.149. The van der Waals surface area contributed by atoms with Crippen LogP contribution < -0.4 is 0 Å². The molecule has 0 N–H and O–H groups in total. The zero-order valence-corrected chi connectivity index (χ0v) is 16.5. The fraction of sp³-hybridized carbons (Fsp3) is 0.381. The maximum atomic E-state index is 12.4. The molecule has 3 aromatic rings. The Bertz CT molecular complexity index is 910. The van der Waals surface area contributed by atoms with Gasteiger partial charge < -0.3 is 14.2 Å². The zero-order chi connectivity index (χ0) is 19.3. The second-order valence-corrected chi connectivity index (χ2v) is 8.08. The smallest absolute Gasteiger partial charge is 0.257 e. The Morgan fingerprint density at radius 2 is 1.82 bits per heavy atom. The lowest BCUT2D eigenvalue weighted by atomic mass is 10.1. The Morgan fingerprint density at radius 3 is 2.57 bits per heavy atom. The lowest BCUT2D eigenvalue weighted by molar-refractivity contribution is -0.132. The number of benzene rings is 1. The number of carbonyl (C=O) groups is 2. The molecule has 0 bridgehead atoms. The van der Waals surface area contributed by atoms with E-state index in [4.69, 9.17) is 4.42 Å². The van der Waals surface area contributed by atoms with Crippen LogP contribution in [0.1, 0.15) is 34.6 Å². The quantitative estimate of drug-likeness (QED) is 0.596. The third kappa shape index (κ3) is 4.25. The number of rotatable bonds is 6. The predicted molar refractivity (Wildman–Crippen MR) is 108 cm³/mol. The third-order valence-electron chi connectivity index (χ3n) is 5.06. The molecule has 1 aromatic carbocycles. The molecule has 0 radical (unpaired) electrons. The predicted octanol–water partition coefficient (Wildman–Crippen LogP) is 3.59. The van der Waals surface area contributed by atoms with Crippen molar-refractivity contribution in [2.75, 3.05) is 26.2 Å². The largest absolute Gasteiger partial charge is 0.472 e. The van der Waals surface area contributed by atoms with Crippen LogP contribution in [-0.4, -0.2) is 52.8 Å². The van der Waals surface area contributed by atoms with Crippen molar-refractivity contribution in [1.82, 2.24) is 14.8 Å². The van der Waals surface area contributed by atoms with E-state index >= 15 is 0 Å². The molecule has 1 aliphatic heterocycles. The molecule has 0 saturated carbocycles. The molecular formula is C21H23N3O3S. The van der Waals surface area contributed by atoms with E-state index in [1.54, 1.807) is 22.3 Å². The standard InChI is InChI=1S/C21H23N3O3S/c25-20(8-4-3-7-19-22-17-5-1-2-6-18(17)28-19)23-10-12-24(13-11-23)21(26)16-9-14-27-15-16/h1-2,5-6,9,14-15H,3-4,7-8,10-13H2. The first-order chi connectivity index (χ1) is 13.7. The van der Waals surface area contributed by atoms with Crippen molar-refractivity contribution in [1.29, 1.82) is 0 Å². The fourth-order valence-corrected chi connectivity index (χ4v) is 4.47. The molecule has 0 aliphatic carbocycles. The maximum Gasteiger partial charge on any atom is 0.257 e. The molecule has 1 fully saturated rings. The van der Waals surface area contributed by atoms with Crippen LogP contribution in [0.4, 0.5) is 0 Å². The van der Waals surface area contributed by atoms with Crippen molar-refractivity contribution < 1.29 is 14.0 Å². The zero-order valence-electron chi connectivity index (χ0n) is 15.7. The minimum atomic E-state index is -0.0308. The van der Waals surface area contributed by atoms with Gasteiger partial charge in [-0.25, -0.2) is 4.98 Å². The van der Waals surface area contributed by atoms with Gasteiger partial charge in [0.1, 0.15) is 6.26 Å². The highest BCUT2D eigenvalue weighted by Crippen LogP contribution is 2.23. The number of fused-ring (bicyclic) bond motifs is 1. The Labute approximate surface area is 167 Å². The highest BCUT2D eigenvalue weighted by Gasteiger charge is 2.24. The number of para-hydroxylation sites is 1. The van der Waals surface area contributed by atoms with Gasteiger partial charge in [-0.05, 0) is 37.5 Å². The molecular weight excluding hydrogens is 374 g/mol. The van der Waals surface area contributed by atoms with Gasteiger partial charge in [0.15, 0.2) is 0 Å². The van der Waals surface area contributed by atoms with Crippen LogP contribution in [0.15, 0.2) is 47.3 Å². The third-order valence-corrected chi connectivity index (χ3v) is 6.15. The molecule has 6 nitrogen and oxygen atoms in total. The van der Waals surface area contributed by atoms with Gasteiger partial charge in [-0.1, -0.05) is 12.1 Å². The number of carbonyl (C=O) groups excluding carboxylic acids is 2. The van der Waals surface area contributed by atoms with E-state index in [0.717, 1.165) is 29.8 Å².